The minimum atomic E-state index is -0.249. The Labute approximate surface area is 108 Å². The highest BCUT2D eigenvalue weighted by atomic mass is 35.5. The zero-order valence-electron chi connectivity index (χ0n) is 10.6. The minimum Gasteiger partial charge on any atom is -0.347 e. The van der Waals surface area contributed by atoms with Crippen LogP contribution in [0.1, 0.15) is 42.7 Å². The number of alkyl halides is 1. The lowest BCUT2D eigenvalue weighted by atomic mass is 9.95. The Morgan fingerprint density at radius 1 is 1.59 bits per heavy atom. The maximum atomic E-state index is 12.1. The SMILES string of the molecule is CCC(C)(CCCl)NC(=O)c1cccnc1C. The van der Waals surface area contributed by atoms with Gasteiger partial charge in [0.15, 0.2) is 0 Å². The van der Waals surface area contributed by atoms with E-state index in [1.807, 2.05) is 20.8 Å². The lowest BCUT2D eigenvalue weighted by Crippen LogP contribution is -2.46. The first-order valence-corrected chi connectivity index (χ1v) is 6.36. The Balaban J connectivity index is 2.82. The number of carbonyl (C=O) groups is 1. The lowest BCUT2D eigenvalue weighted by Gasteiger charge is -2.29. The molecule has 0 saturated heterocycles. The molecule has 0 fully saturated rings. The second kappa shape index (κ2) is 6.01. The topological polar surface area (TPSA) is 42.0 Å². The second-order valence-corrected chi connectivity index (χ2v) is 4.82. The zero-order valence-corrected chi connectivity index (χ0v) is 11.3. The molecule has 0 saturated carbocycles. The fraction of sp³-hybridized carbons (Fsp3) is 0.538. The van der Waals surface area contributed by atoms with Crippen molar-refractivity contribution in [3.63, 3.8) is 0 Å². The summed E-state index contributed by atoms with van der Waals surface area (Å²) in [5.74, 6) is 0.460. The van der Waals surface area contributed by atoms with E-state index in [9.17, 15) is 4.79 Å². The molecule has 1 unspecified atom stereocenters. The Bertz CT molecular complexity index is 395. The molecule has 94 valence electrons. The molecule has 1 N–H and O–H groups in total. The van der Waals surface area contributed by atoms with E-state index in [0.717, 1.165) is 18.5 Å². The van der Waals surface area contributed by atoms with Gasteiger partial charge in [-0.3, -0.25) is 9.78 Å². The largest absolute Gasteiger partial charge is 0.347 e. The predicted molar refractivity (Wildman–Crippen MR) is 70.5 cm³/mol. The summed E-state index contributed by atoms with van der Waals surface area (Å²) in [5, 5.41) is 3.04. The molecule has 0 spiro atoms. The van der Waals surface area contributed by atoms with Gasteiger partial charge in [-0.15, -0.1) is 11.6 Å². The molecule has 0 bridgehead atoms. The van der Waals surface area contributed by atoms with E-state index < -0.39 is 0 Å². The lowest BCUT2D eigenvalue weighted by molar-refractivity contribution is 0.0900. The number of rotatable bonds is 5. The number of aryl methyl sites for hydroxylation is 1. The maximum absolute atomic E-state index is 12.1. The second-order valence-electron chi connectivity index (χ2n) is 4.44. The average Bonchev–Trinajstić information content (AvgIpc) is 2.29. The van der Waals surface area contributed by atoms with E-state index >= 15 is 0 Å². The molecule has 4 heteroatoms. The van der Waals surface area contributed by atoms with Crippen molar-refractivity contribution in [3.8, 4) is 0 Å². The Hall–Kier alpha value is -1.09. The van der Waals surface area contributed by atoms with Gasteiger partial charge in [-0.25, -0.2) is 0 Å². The highest BCUT2D eigenvalue weighted by Gasteiger charge is 2.24. The molecule has 1 heterocycles. The van der Waals surface area contributed by atoms with Gasteiger partial charge >= 0.3 is 0 Å². The Kier molecular flexibility index (Phi) is 4.94. The monoisotopic (exact) mass is 254 g/mol. The van der Waals surface area contributed by atoms with E-state index in [2.05, 4.69) is 10.3 Å². The van der Waals surface area contributed by atoms with Crippen molar-refractivity contribution in [2.75, 3.05) is 5.88 Å². The third kappa shape index (κ3) is 3.70. The quantitative estimate of drug-likeness (QED) is 0.821. The number of hydrogen-bond donors (Lipinski definition) is 1. The van der Waals surface area contributed by atoms with E-state index in [1.165, 1.54) is 0 Å². The standard InChI is InChI=1S/C13H19ClN2O/c1-4-13(3,7-8-14)16-12(17)11-6-5-9-15-10(11)2/h5-6,9H,4,7-8H2,1-3H3,(H,16,17). The zero-order chi connectivity index (χ0) is 12.9. The molecule has 1 rings (SSSR count). The van der Waals surface area contributed by atoms with E-state index in [4.69, 9.17) is 11.6 Å². The first-order valence-electron chi connectivity index (χ1n) is 5.82. The fourth-order valence-electron chi connectivity index (χ4n) is 1.60. The first kappa shape index (κ1) is 14.0. The number of halogens is 1. The van der Waals surface area contributed by atoms with Crippen LogP contribution in [-0.2, 0) is 0 Å². The summed E-state index contributed by atoms with van der Waals surface area (Å²) in [5.41, 5.74) is 1.12. The molecule has 17 heavy (non-hydrogen) atoms. The average molecular weight is 255 g/mol. The smallest absolute Gasteiger partial charge is 0.253 e. The van der Waals surface area contributed by atoms with Gasteiger partial charge in [0, 0.05) is 23.3 Å². The molecule has 1 amide bonds. The van der Waals surface area contributed by atoms with Crippen LogP contribution in [0.4, 0.5) is 0 Å². The molecule has 1 aromatic rings. The third-order valence-electron chi connectivity index (χ3n) is 3.09. The number of carbonyl (C=O) groups excluding carboxylic acids is 1. The van der Waals surface area contributed by atoms with Crippen molar-refractivity contribution in [3.05, 3.63) is 29.6 Å². The number of aromatic nitrogens is 1. The molecule has 1 atom stereocenters. The molecule has 0 aromatic carbocycles. The number of amides is 1. The van der Waals surface area contributed by atoms with Crippen LogP contribution in [0.15, 0.2) is 18.3 Å². The van der Waals surface area contributed by atoms with Gasteiger partial charge in [0.25, 0.3) is 5.91 Å². The normalized spacial score (nSPS) is 14.1. The van der Waals surface area contributed by atoms with Gasteiger partial charge in [-0.2, -0.15) is 0 Å². The summed E-state index contributed by atoms with van der Waals surface area (Å²) in [7, 11) is 0. The van der Waals surface area contributed by atoms with E-state index in [1.54, 1.807) is 18.3 Å². The summed E-state index contributed by atoms with van der Waals surface area (Å²) in [6.07, 6.45) is 3.30. The van der Waals surface area contributed by atoms with Crippen LogP contribution in [0.25, 0.3) is 0 Å². The van der Waals surface area contributed by atoms with Crippen LogP contribution >= 0.6 is 11.6 Å². The van der Waals surface area contributed by atoms with Crippen molar-refractivity contribution < 1.29 is 4.79 Å². The van der Waals surface area contributed by atoms with Crippen molar-refractivity contribution >= 4 is 17.5 Å². The number of hydrogen-bond acceptors (Lipinski definition) is 2. The highest BCUT2D eigenvalue weighted by Crippen LogP contribution is 2.16. The van der Waals surface area contributed by atoms with Gasteiger partial charge in [-0.05, 0) is 38.8 Å². The van der Waals surface area contributed by atoms with Crippen molar-refractivity contribution in [2.24, 2.45) is 0 Å². The summed E-state index contributed by atoms with van der Waals surface area (Å²) in [6, 6.07) is 3.56. The van der Waals surface area contributed by atoms with Crippen LogP contribution < -0.4 is 5.32 Å². The van der Waals surface area contributed by atoms with Crippen molar-refractivity contribution in [1.82, 2.24) is 10.3 Å². The van der Waals surface area contributed by atoms with Gasteiger partial charge in [0.2, 0.25) is 0 Å². The van der Waals surface area contributed by atoms with Crippen LogP contribution in [0.2, 0.25) is 0 Å². The van der Waals surface area contributed by atoms with Gasteiger partial charge in [0.1, 0.15) is 0 Å². The summed E-state index contributed by atoms with van der Waals surface area (Å²) in [4.78, 5) is 16.2. The van der Waals surface area contributed by atoms with Crippen LogP contribution in [0.5, 0.6) is 0 Å². The summed E-state index contributed by atoms with van der Waals surface area (Å²) >= 11 is 5.76. The Morgan fingerprint density at radius 3 is 2.82 bits per heavy atom. The number of nitrogens with one attached hydrogen (secondary N) is 1. The van der Waals surface area contributed by atoms with E-state index in [-0.39, 0.29) is 11.4 Å². The Morgan fingerprint density at radius 2 is 2.29 bits per heavy atom. The summed E-state index contributed by atoms with van der Waals surface area (Å²) < 4.78 is 0. The molecular formula is C13H19ClN2O. The fourth-order valence-corrected chi connectivity index (χ4v) is 2.02. The van der Waals surface area contributed by atoms with Crippen LogP contribution in [0, 0.1) is 6.92 Å². The van der Waals surface area contributed by atoms with Crippen LogP contribution in [0.3, 0.4) is 0 Å². The van der Waals surface area contributed by atoms with Gasteiger partial charge in [0.05, 0.1) is 5.56 Å². The molecular weight excluding hydrogens is 236 g/mol. The third-order valence-corrected chi connectivity index (χ3v) is 3.28. The minimum absolute atomic E-state index is 0.0786. The highest BCUT2D eigenvalue weighted by molar-refractivity contribution is 6.17. The van der Waals surface area contributed by atoms with Crippen molar-refractivity contribution in [2.45, 2.75) is 39.2 Å². The molecule has 0 aliphatic rings. The molecule has 0 radical (unpaired) electrons. The molecule has 1 aromatic heterocycles. The van der Waals surface area contributed by atoms with Crippen LogP contribution in [-0.4, -0.2) is 22.3 Å². The van der Waals surface area contributed by atoms with Crippen molar-refractivity contribution in [1.29, 1.82) is 0 Å². The van der Waals surface area contributed by atoms with Gasteiger partial charge in [-0.1, -0.05) is 6.92 Å². The maximum Gasteiger partial charge on any atom is 0.253 e. The molecule has 0 aliphatic heterocycles. The van der Waals surface area contributed by atoms with E-state index in [0.29, 0.717) is 11.4 Å². The number of nitrogens with zero attached hydrogens (tertiary/aromatic N) is 1. The summed E-state index contributed by atoms with van der Waals surface area (Å²) in [6.45, 7) is 5.89. The molecule has 0 aliphatic carbocycles. The van der Waals surface area contributed by atoms with Gasteiger partial charge < -0.3 is 5.32 Å². The molecule has 3 nitrogen and oxygen atoms in total. The predicted octanol–water partition coefficient (Wildman–Crippen LogP) is 2.92. The number of pyridine rings is 1. The first-order chi connectivity index (χ1) is 8.02.